The van der Waals surface area contributed by atoms with E-state index in [1.54, 1.807) is 0 Å². The molecule has 2 aromatic rings. The average molecular weight is 511 g/mol. The number of nitrogens with one attached hydrogen (secondary N) is 1. The lowest BCUT2D eigenvalue weighted by molar-refractivity contribution is -0.137. The highest BCUT2D eigenvalue weighted by Crippen LogP contribution is 2.42. The molecule has 1 aromatic carbocycles. The third kappa shape index (κ3) is 4.89. The second kappa shape index (κ2) is 9.57. The molecule has 3 fully saturated rings. The molecule has 0 bridgehead atoms. The van der Waals surface area contributed by atoms with Crippen molar-refractivity contribution >= 4 is 11.7 Å². The molecule has 6 nitrogen and oxygen atoms in total. The Bertz CT molecular complexity index is 1140. The summed E-state index contributed by atoms with van der Waals surface area (Å²) in [6, 6.07) is 1.83. The van der Waals surface area contributed by atoms with Crippen molar-refractivity contribution < 1.29 is 31.5 Å². The van der Waals surface area contributed by atoms with Gasteiger partial charge < -0.3 is 15.0 Å². The number of aromatic nitrogens is 2. The van der Waals surface area contributed by atoms with Crippen molar-refractivity contribution in [3.8, 4) is 11.3 Å². The standard InChI is InChI=1S/C25H27F5N4O2/c1-25(29,30)19-10-21(18-8-16(26)9-20(27)22(18)28)32-33-23(19)31-17-6-14-11-34(12-15(14)7-17)24(35)13-2-4-36-5-3-13/h8-10,13-15,17H,2-7,11-12H2,1H3,(H,31,33)/t14-,15+,17+. The van der Waals surface area contributed by atoms with Crippen molar-refractivity contribution in [1.82, 2.24) is 15.1 Å². The van der Waals surface area contributed by atoms with Crippen LogP contribution in [0.1, 0.15) is 38.2 Å². The second-order valence-corrected chi connectivity index (χ2v) is 10.1. The molecule has 2 aliphatic heterocycles. The minimum absolute atomic E-state index is 0.00559. The van der Waals surface area contributed by atoms with Crippen LogP contribution >= 0.6 is 0 Å². The van der Waals surface area contributed by atoms with Crippen LogP contribution in [0.25, 0.3) is 11.3 Å². The van der Waals surface area contributed by atoms with Crippen LogP contribution in [0.4, 0.5) is 27.8 Å². The van der Waals surface area contributed by atoms with Crippen molar-refractivity contribution in [3.05, 3.63) is 41.2 Å². The molecule has 1 saturated carbocycles. The zero-order valence-corrected chi connectivity index (χ0v) is 19.7. The topological polar surface area (TPSA) is 67.4 Å². The molecule has 194 valence electrons. The Morgan fingerprint density at radius 3 is 2.36 bits per heavy atom. The van der Waals surface area contributed by atoms with Gasteiger partial charge >= 0.3 is 0 Å². The number of hydrogen-bond acceptors (Lipinski definition) is 5. The predicted octanol–water partition coefficient (Wildman–Crippen LogP) is 4.75. The van der Waals surface area contributed by atoms with Gasteiger partial charge in [0.2, 0.25) is 5.91 Å². The van der Waals surface area contributed by atoms with E-state index < -0.39 is 40.2 Å². The summed E-state index contributed by atoms with van der Waals surface area (Å²) in [6.07, 6.45) is 2.85. The number of fused-ring (bicyclic) bond motifs is 1. The molecule has 0 unspecified atom stereocenters. The first kappa shape index (κ1) is 24.9. The predicted molar refractivity (Wildman–Crippen MR) is 121 cm³/mol. The lowest BCUT2D eigenvalue weighted by Gasteiger charge is -2.27. The number of hydrogen-bond donors (Lipinski definition) is 1. The lowest BCUT2D eigenvalue weighted by atomic mass is 9.98. The fourth-order valence-corrected chi connectivity index (χ4v) is 5.70. The maximum absolute atomic E-state index is 14.5. The van der Waals surface area contributed by atoms with E-state index in [1.165, 1.54) is 0 Å². The monoisotopic (exact) mass is 510 g/mol. The van der Waals surface area contributed by atoms with Gasteiger partial charge in [-0.25, -0.2) is 22.0 Å². The fraction of sp³-hybridized carbons (Fsp3) is 0.560. The Morgan fingerprint density at radius 2 is 1.72 bits per heavy atom. The molecule has 1 aliphatic carbocycles. The van der Waals surface area contributed by atoms with Gasteiger partial charge in [-0.1, -0.05) is 0 Å². The van der Waals surface area contributed by atoms with Crippen LogP contribution in [0.2, 0.25) is 0 Å². The maximum Gasteiger partial charge on any atom is 0.274 e. The summed E-state index contributed by atoms with van der Waals surface area (Å²) in [5.41, 5.74) is -1.51. The summed E-state index contributed by atoms with van der Waals surface area (Å²) in [5, 5.41) is 10.7. The van der Waals surface area contributed by atoms with E-state index in [0.717, 1.165) is 18.9 Å². The van der Waals surface area contributed by atoms with E-state index in [9.17, 15) is 26.7 Å². The van der Waals surface area contributed by atoms with Gasteiger partial charge in [0.05, 0.1) is 11.3 Å². The Labute approximate surface area is 205 Å². The van der Waals surface area contributed by atoms with Gasteiger partial charge in [-0.15, -0.1) is 10.2 Å². The van der Waals surface area contributed by atoms with Crippen molar-refractivity contribution in [2.24, 2.45) is 17.8 Å². The molecule has 0 spiro atoms. The molecule has 3 aliphatic rings. The molecule has 11 heteroatoms. The number of nitrogens with zero attached hydrogens (tertiary/aromatic N) is 3. The van der Waals surface area contributed by atoms with Gasteiger partial charge in [0.25, 0.3) is 5.92 Å². The molecule has 0 radical (unpaired) electrons. The minimum atomic E-state index is -3.36. The van der Waals surface area contributed by atoms with Gasteiger partial charge in [0, 0.05) is 56.8 Å². The largest absolute Gasteiger partial charge is 0.381 e. The summed E-state index contributed by atoms with van der Waals surface area (Å²) in [6.45, 7) is 3.17. The Balaban J connectivity index is 1.29. The third-order valence-corrected chi connectivity index (χ3v) is 7.51. The summed E-state index contributed by atoms with van der Waals surface area (Å²) in [4.78, 5) is 14.8. The number of anilines is 1. The van der Waals surface area contributed by atoms with E-state index in [2.05, 4.69) is 15.5 Å². The highest BCUT2D eigenvalue weighted by molar-refractivity contribution is 5.79. The van der Waals surface area contributed by atoms with Crippen molar-refractivity contribution in [1.29, 1.82) is 0 Å². The normalized spacial score (nSPS) is 24.7. The molecule has 3 atom stereocenters. The highest BCUT2D eigenvalue weighted by Gasteiger charge is 2.44. The van der Waals surface area contributed by atoms with Gasteiger partial charge in [-0.3, -0.25) is 4.79 Å². The van der Waals surface area contributed by atoms with Crippen LogP contribution in [0.3, 0.4) is 0 Å². The highest BCUT2D eigenvalue weighted by atomic mass is 19.3. The Kier molecular flexibility index (Phi) is 6.61. The SMILES string of the molecule is CC(F)(F)c1cc(-c2cc(F)cc(F)c2F)nnc1N[C@H]1C[C@@H]2CN(C(=O)C3CCOCC3)C[C@@H]2C1. The number of carbonyl (C=O) groups is 1. The van der Waals surface area contributed by atoms with Crippen LogP contribution in [-0.4, -0.2) is 53.3 Å². The van der Waals surface area contributed by atoms with Gasteiger partial charge in [0.15, 0.2) is 17.5 Å². The zero-order valence-electron chi connectivity index (χ0n) is 19.7. The van der Waals surface area contributed by atoms with E-state index in [4.69, 9.17) is 4.74 Å². The molecule has 3 heterocycles. The number of amides is 1. The van der Waals surface area contributed by atoms with Crippen molar-refractivity contribution in [2.45, 2.75) is 44.6 Å². The average Bonchev–Trinajstić information content (AvgIpc) is 3.40. The van der Waals surface area contributed by atoms with Crippen LogP contribution in [0.15, 0.2) is 18.2 Å². The molecule has 1 amide bonds. The van der Waals surface area contributed by atoms with Crippen LogP contribution in [0.5, 0.6) is 0 Å². The number of alkyl halides is 2. The molecule has 1 aromatic heterocycles. The van der Waals surface area contributed by atoms with Crippen molar-refractivity contribution in [3.63, 3.8) is 0 Å². The molecular formula is C25H27F5N4O2. The minimum Gasteiger partial charge on any atom is -0.381 e. The smallest absolute Gasteiger partial charge is 0.274 e. The van der Waals surface area contributed by atoms with E-state index in [1.807, 2.05) is 4.90 Å². The number of rotatable bonds is 5. The summed E-state index contributed by atoms with van der Waals surface area (Å²) < 4.78 is 75.8. The Morgan fingerprint density at radius 1 is 1.06 bits per heavy atom. The summed E-state index contributed by atoms with van der Waals surface area (Å²) in [7, 11) is 0. The number of halogens is 5. The Hall–Kier alpha value is -2.82. The molecule has 5 rings (SSSR count). The maximum atomic E-state index is 14.5. The third-order valence-electron chi connectivity index (χ3n) is 7.51. The number of likely N-dealkylation sites (tertiary alicyclic amines) is 1. The molecular weight excluding hydrogens is 483 g/mol. The summed E-state index contributed by atoms with van der Waals surface area (Å²) >= 11 is 0. The van der Waals surface area contributed by atoms with Crippen molar-refractivity contribution in [2.75, 3.05) is 31.6 Å². The van der Waals surface area contributed by atoms with E-state index in [-0.39, 0.29) is 35.5 Å². The van der Waals surface area contributed by atoms with Gasteiger partial charge in [-0.05, 0) is 49.7 Å². The van der Waals surface area contributed by atoms with Crippen LogP contribution in [0, 0.1) is 35.2 Å². The van der Waals surface area contributed by atoms with Crippen LogP contribution < -0.4 is 5.32 Å². The fourth-order valence-electron chi connectivity index (χ4n) is 5.70. The van der Waals surface area contributed by atoms with E-state index >= 15 is 0 Å². The van der Waals surface area contributed by atoms with Gasteiger partial charge in [0.1, 0.15) is 5.82 Å². The zero-order chi connectivity index (χ0) is 25.6. The number of benzene rings is 1. The first-order chi connectivity index (χ1) is 17.1. The number of carbonyl (C=O) groups excluding carboxylic acids is 1. The lowest BCUT2D eigenvalue weighted by Crippen LogP contribution is -2.38. The van der Waals surface area contributed by atoms with Crippen LogP contribution in [-0.2, 0) is 15.5 Å². The second-order valence-electron chi connectivity index (χ2n) is 10.1. The quantitative estimate of drug-likeness (QED) is 0.465. The van der Waals surface area contributed by atoms with Gasteiger partial charge in [-0.2, -0.15) is 0 Å². The molecule has 1 N–H and O–H groups in total. The number of ether oxygens (including phenoxy) is 1. The van der Waals surface area contributed by atoms with E-state index in [0.29, 0.717) is 58.2 Å². The molecule has 2 saturated heterocycles. The first-order valence-corrected chi connectivity index (χ1v) is 12.1. The summed E-state index contributed by atoms with van der Waals surface area (Å²) in [5.74, 6) is -6.71. The molecule has 36 heavy (non-hydrogen) atoms. The first-order valence-electron chi connectivity index (χ1n) is 12.1.